The second-order valence-corrected chi connectivity index (χ2v) is 5.58. The Morgan fingerprint density at radius 1 is 1.53 bits per heavy atom. The van der Waals surface area contributed by atoms with Gasteiger partial charge in [-0.05, 0) is 19.1 Å². The van der Waals surface area contributed by atoms with Crippen LogP contribution in [0.5, 0.6) is 0 Å². The molecule has 2 aromatic heterocycles. The van der Waals surface area contributed by atoms with Crippen LogP contribution in [0.3, 0.4) is 0 Å². The third-order valence-corrected chi connectivity index (χ3v) is 3.44. The van der Waals surface area contributed by atoms with Crippen molar-refractivity contribution >= 4 is 34.1 Å². The highest BCUT2D eigenvalue weighted by atomic mass is 32.2. The number of furan rings is 1. The van der Waals surface area contributed by atoms with E-state index in [0.717, 1.165) is 5.01 Å². The number of aromatic nitrogens is 2. The van der Waals surface area contributed by atoms with E-state index in [0.29, 0.717) is 22.7 Å². The monoisotopic (exact) mass is 305 g/mol. The van der Waals surface area contributed by atoms with E-state index in [1.165, 1.54) is 23.5 Å². The molecule has 2 aromatic rings. The summed E-state index contributed by atoms with van der Waals surface area (Å²) in [7, 11) is 0. The number of amides is 1. The van der Waals surface area contributed by atoms with Crippen molar-refractivity contribution < 1.29 is 18.0 Å². The molecule has 0 fully saturated rings. The molecule has 0 radical (unpaired) electrons. The first-order valence-corrected chi connectivity index (χ1v) is 7.01. The molecule has 19 heavy (non-hydrogen) atoms. The van der Waals surface area contributed by atoms with Crippen LogP contribution in [0.1, 0.15) is 21.3 Å². The standard InChI is InChI=1S/C10H9F2N3O2S2/c1-5-14-15-10(19-5)13-8(16)7-3-2-6(17-7)4-18-9(11)12/h2-3,9H,4H2,1H3,(H,13,15,16). The lowest BCUT2D eigenvalue weighted by Crippen LogP contribution is -2.10. The predicted molar refractivity (Wildman–Crippen MR) is 68.6 cm³/mol. The Kier molecular flexibility index (Phi) is 4.48. The number of halogens is 2. The minimum atomic E-state index is -2.47. The van der Waals surface area contributed by atoms with E-state index in [1.54, 1.807) is 6.92 Å². The van der Waals surface area contributed by atoms with Gasteiger partial charge in [-0.15, -0.1) is 10.2 Å². The van der Waals surface area contributed by atoms with E-state index in [1.807, 2.05) is 0 Å². The Bertz CT molecular complexity index is 571. The number of alkyl halides is 2. The Morgan fingerprint density at radius 3 is 2.95 bits per heavy atom. The first-order chi connectivity index (χ1) is 9.04. The fraction of sp³-hybridized carbons (Fsp3) is 0.300. The number of hydrogen-bond acceptors (Lipinski definition) is 6. The molecule has 0 atom stereocenters. The van der Waals surface area contributed by atoms with Crippen LogP contribution in [0.15, 0.2) is 16.5 Å². The number of anilines is 1. The predicted octanol–water partition coefficient (Wildman–Crippen LogP) is 3.15. The Hall–Kier alpha value is -1.48. The molecule has 0 unspecified atom stereocenters. The van der Waals surface area contributed by atoms with Crippen LogP contribution in [0, 0.1) is 6.92 Å². The van der Waals surface area contributed by atoms with Crippen molar-refractivity contribution in [3.63, 3.8) is 0 Å². The van der Waals surface area contributed by atoms with Crippen molar-refractivity contribution in [3.8, 4) is 0 Å². The van der Waals surface area contributed by atoms with Crippen molar-refractivity contribution in [2.75, 3.05) is 5.32 Å². The van der Waals surface area contributed by atoms with Gasteiger partial charge < -0.3 is 4.42 Å². The summed E-state index contributed by atoms with van der Waals surface area (Å²) >= 11 is 1.67. The number of rotatable bonds is 5. The van der Waals surface area contributed by atoms with E-state index < -0.39 is 11.7 Å². The molecule has 102 valence electrons. The van der Waals surface area contributed by atoms with Crippen molar-refractivity contribution in [1.29, 1.82) is 0 Å². The van der Waals surface area contributed by atoms with Crippen LogP contribution in [0.2, 0.25) is 0 Å². The molecular weight excluding hydrogens is 296 g/mol. The normalized spacial score (nSPS) is 10.9. The number of carbonyl (C=O) groups excluding carboxylic acids is 1. The smallest absolute Gasteiger partial charge is 0.293 e. The fourth-order valence-electron chi connectivity index (χ4n) is 1.23. The number of aryl methyl sites for hydroxylation is 1. The maximum absolute atomic E-state index is 12.0. The van der Waals surface area contributed by atoms with Gasteiger partial charge in [0.2, 0.25) is 5.13 Å². The van der Waals surface area contributed by atoms with Crippen LogP contribution in [-0.2, 0) is 5.75 Å². The van der Waals surface area contributed by atoms with E-state index >= 15 is 0 Å². The molecule has 2 rings (SSSR count). The number of nitrogens with zero attached hydrogens (tertiary/aromatic N) is 2. The van der Waals surface area contributed by atoms with Crippen LogP contribution in [-0.4, -0.2) is 21.9 Å². The molecule has 0 aliphatic heterocycles. The van der Waals surface area contributed by atoms with Gasteiger partial charge in [0, 0.05) is 0 Å². The molecule has 0 saturated heterocycles. The lowest BCUT2D eigenvalue weighted by Gasteiger charge is -1.98. The van der Waals surface area contributed by atoms with Crippen LogP contribution in [0.25, 0.3) is 0 Å². The summed E-state index contributed by atoms with van der Waals surface area (Å²) in [5.41, 5.74) is 0. The first-order valence-electron chi connectivity index (χ1n) is 5.14. The van der Waals surface area contributed by atoms with E-state index in [2.05, 4.69) is 15.5 Å². The zero-order valence-corrected chi connectivity index (χ0v) is 11.4. The van der Waals surface area contributed by atoms with Gasteiger partial charge in [0.05, 0.1) is 5.75 Å². The largest absolute Gasteiger partial charge is 0.455 e. The summed E-state index contributed by atoms with van der Waals surface area (Å²) < 4.78 is 29.2. The maximum atomic E-state index is 12.0. The average molecular weight is 305 g/mol. The molecule has 2 heterocycles. The molecule has 0 bridgehead atoms. The summed E-state index contributed by atoms with van der Waals surface area (Å²) in [4.78, 5) is 11.8. The van der Waals surface area contributed by atoms with E-state index in [-0.39, 0.29) is 11.5 Å². The van der Waals surface area contributed by atoms with Gasteiger partial charge in [0.25, 0.3) is 11.7 Å². The highest BCUT2D eigenvalue weighted by Crippen LogP contribution is 2.22. The quantitative estimate of drug-likeness (QED) is 0.919. The van der Waals surface area contributed by atoms with Gasteiger partial charge in [0.15, 0.2) is 5.76 Å². The van der Waals surface area contributed by atoms with Crippen molar-refractivity contribution in [3.05, 3.63) is 28.7 Å². The van der Waals surface area contributed by atoms with Crippen LogP contribution >= 0.6 is 23.1 Å². The lowest BCUT2D eigenvalue weighted by atomic mass is 10.4. The Labute approximate surface area is 115 Å². The third-order valence-electron chi connectivity index (χ3n) is 1.98. The third kappa shape index (κ3) is 4.00. The first kappa shape index (κ1) is 13.9. The lowest BCUT2D eigenvalue weighted by molar-refractivity contribution is 0.0995. The van der Waals surface area contributed by atoms with Crippen LogP contribution < -0.4 is 5.32 Å². The Morgan fingerprint density at radius 2 is 2.32 bits per heavy atom. The Balaban J connectivity index is 1.96. The molecule has 5 nitrogen and oxygen atoms in total. The summed E-state index contributed by atoms with van der Waals surface area (Å²) in [6.07, 6.45) is 0. The summed E-state index contributed by atoms with van der Waals surface area (Å²) in [6.45, 7) is 1.76. The SMILES string of the molecule is Cc1nnc(NC(=O)c2ccc(CSC(F)F)o2)s1. The molecule has 1 amide bonds. The topological polar surface area (TPSA) is 68.0 Å². The zero-order chi connectivity index (χ0) is 13.8. The van der Waals surface area contributed by atoms with E-state index in [4.69, 9.17) is 4.42 Å². The highest BCUT2D eigenvalue weighted by Gasteiger charge is 2.14. The van der Waals surface area contributed by atoms with Gasteiger partial charge >= 0.3 is 0 Å². The van der Waals surface area contributed by atoms with Gasteiger partial charge in [-0.2, -0.15) is 8.78 Å². The summed E-state index contributed by atoms with van der Waals surface area (Å²) in [5, 5.41) is 11.1. The molecule has 0 spiro atoms. The van der Waals surface area contributed by atoms with Crippen LogP contribution in [0.4, 0.5) is 13.9 Å². The summed E-state index contributed by atoms with van der Waals surface area (Å²) in [5.74, 6) is -2.55. The number of carbonyl (C=O) groups is 1. The molecule has 1 N–H and O–H groups in total. The second-order valence-electron chi connectivity index (χ2n) is 3.42. The minimum Gasteiger partial charge on any atom is -0.455 e. The van der Waals surface area contributed by atoms with Crippen molar-refractivity contribution in [1.82, 2.24) is 10.2 Å². The van der Waals surface area contributed by atoms with Crippen molar-refractivity contribution in [2.45, 2.75) is 18.4 Å². The molecular formula is C10H9F2N3O2S2. The summed E-state index contributed by atoms with van der Waals surface area (Å²) in [6, 6.07) is 2.93. The maximum Gasteiger partial charge on any atom is 0.293 e. The number of nitrogens with one attached hydrogen (secondary N) is 1. The van der Waals surface area contributed by atoms with E-state index in [9.17, 15) is 13.6 Å². The molecule has 0 aromatic carbocycles. The second kappa shape index (κ2) is 6.11. The van der Waals surface area contributed by atoms with Gasteiger partial charge in [-0.1, -0.05) is 23.1 Å². The average Bonchev–Trinajstić information content (AvgIpc) is 2.95. The molecule has 0 aliphatic rings. The van der Waals surface area contributed by atoms with Gasteiger partial charge in [-0.3, -0.25) is 10.1 Å². The molecule has 0 aliphatic carbocycles. The zero-order valence-electron chi connectivity index (χ0n) is 9.72. The minimum absolute atomic E-state index is 0.0167. The fourth-order valence-corrected chi connectivity index (χ4v) is 2.26. The number of hydrogen-bond donors (Lipinski definition) is 1. The van der Waals surface area contributed by atoms with Gasteiger partial charge in [-0.25, -0.2) is 0 Å². The molecule has 9 heteroatoms. The number of thioether (sulfide) groups is 1. The van der Waals surface area contributed by atoms with Crippen molar-refractivity contribution in [2.24, 2.45) is 0 Å². The highest BCUT2D eigenvalue weighted by molar-refractivity contribution is 7.98. The molecule has 0 saturated carbocycles. The van der Waals surface area contributed by atoms with Gasteiger partial charge in [0.1, 0.15) is 10.8 Å².